The molecule has 0 unspecified atom stereocenters. The minimum atomic E-state index is -1.19. The van der Waals surface area contributed by atoms with Crippen LogP contribution in [0.4, 0.5) is 10.1 Å². The summed E-state index contributed by atoms with van der Waals surface area (Å²) >= 11 is 0. The number of nitrogens with zero attached hydrogens (tertiary/aromatic N) is 2. The first-order chi connectivity index (χ1) is 14.5. The molecule has 6 nitrogen and oxygen atoms in total. The Bertz CT molecular complexity index is 1090. The maximum atomic E-state index is 14.4. The first kappa shape index (κ1) is 23.0. The molecule has 0 saturated carbocycles. The summed E-state index contributed by atoms with van der Waals surface area (Å²) in [5, 5.41) is 3.57. The fraction of sp³-hybridized carbons (Fsp3) is 0.391. The van der Waals surface area contributed by atoms with Crippen molar-refractivity contribution in [3.8, 4) is 11.1 Å². The fourth-order valence-corrected chi connectivity index (χ4v) is 4.00. The van der Waals surface area contributed by atoms with Crippen LogP contribution in [0.15, 0.2) is 36.7 Å². The van der Waals surface area contributed by atoms with E-state index in [0.717, 1.165) is 6.04 Å². The Hall–Kier alpha value is -2.71. The number of hydrogen-bond donors (Lipinski definition) is 2. The Labute approximate surface area is 183 Å². The van der Waals surface area contributed by atoms with Gasteiger partial charge in [-0.05, 0) is 44.2 Å². The first-order valence-electron chi connectivity index (χ1n) is 10.5. The Morgan fingerprint density at radius 2 is 2.03 bits per heavy atom. The number of halogens is 1. The Balaban J connectivity index is 2.00. The van der Waals surface area contributed by atoms with Gasteiger partial charge in [-0.1, -0.05) is 19.6 Å². The second kappa shape index (κ2) is 9.19. The van der Waals surface area contributed by atoms with Gasteiger partial charge in [0.05, 0.1) is 5.56 Å². The quantitative estimate of drug-likeness (QED) is 0.296. The summed E-state index contributed by atoms with van der Waals surface area (Å²) in [5.41, 5.74) is 8.32. The van der Waals surface area contributed by atoms with Crippen LogP contribution in [0.5, 0.6) is 0 Å². The average Bonchev–Trinajstić information content (AvgIpc) is 3.04. The van der Waals surface area contributed by atoms with Crippen molar-refractivity contribution in [2.75, 3.05) is 12.3 Å². The van der Waals surface area contributed by atoms with Gasteiger partial charge >= 0.3 is 0 Å². The third kappa shape index (κ3) is 5.71. The zero-order valence-corrected chi connectivity index (χ0v) is 19.8. The largest absolute Gasteiger partial charge is 0.399 e. The van der Waals surface area contributed by atoms with Crippen molar-refractivity contribution in [2.45, 2.75) is 52.3 Å². The number of pyridine rings is 1. The van der Waals surface area contributed by atoms with Crippen LogP contribution in [0.3, 0.4) is 0 Å². The van der Waals surface area contributed by atoms with Gasteiger partial charge in [-0.25, -0.2) is 9.37 Å². The van der Waals surface area contributed by atoms with Gasteiger partial charge in [-0.2, -0.15) is 0 Å². The Kier molecular flexibility index (Phi) is 6.81. The van der Waals surface area contributed by atoms with Crippen molar-refractivity contribution < 1.29 is 13.9 Å². The predicted octanol–water partition coefficient (Wildman–Crippen LogP) is 4.88. The molecule has 0 saturated heterocycles. The van der Waals surface area contributed by atoms with E-state index in [1.54, 1.807) is 24.5 Å². The summed E-state index contributed by atoms with van der Waals surface area (Å²) in [6.07, 6.45) is 3.35. The van der Waals surface area contributed by atoms with Gasteiger partial charge in [0.15, 0.2) is 0 Å². The van der Waals surface area contributed by atoms with Crippen LogP contribution in [0.2, 0.25) is 25.7 Å². The lowest BCUT2D eigenvalue weighted by Crippen LogP contribution is -2.29. The van der Waals surface area contributed by atoms with Crippen molar-refractivity contribution in [2.24, 2.45) is 0 Å². The molecule has 3 aromatic rings. The molecule has 2 heterocycles. The molecule has 0 spiro atoms. The zero-order valence-electron chi connectivity index (χ0n) is 18.8. The monoisotopic (exact) mass is 442 g/mol. The number of carbonyl (C=O) groups is 1. The molecular weight excluding hydrogens is 411 g/mol. The van der Waals surface area contributed by atoms with Crippen molar-refractivity contribution >= 4 is 30.7 Å². The highest BCUT2D eigenvalue weighted by Gasteiger charge is 2.19. The Morgan fingerprint density at radius 3 is 2.71 bits per heavy atom. The number of nitrogen functional groups attached to an aromatic ring is 1. The number of rotatable bonds is 8. The van der Waals surface area contributed by atoms with Gasteiger partial charge in [0.25, 0.3) is 5.91 Å². The molecule has 0 fully saturated rings. The van der Waals surface area contributed by atoms with Gasteiger partial charge in [0.1, 0.15) is 18.2 Å². The minimum absolute atomic E-state index is 0.0126. The number of ether oxygens (including phenoxy) is 1. The summed E-state index contributed by atoms with van der Waals surface area (Å²) in [5.74, 6) is -0.592. The number of nitrogens with one attached hydrogen (secondary N) is 1. The van der Waals surface area contributed by atoms with E-state index in [2.05, 4.69) is 29.9 Å². The van der Waals surface area contributed by atoms with Gasteiger partial charge < -0.3 is 20.4 Å². The molecule has 3 rings (SSSR count). The lowest BCUT2D eigenvalue weighted by Gasteiger charge is -2.15. The number of fused-ring (bicyclic) bond motifs is 1. The standard InChI is InChI=1S/C23H31FN4O2Si/c1-15(2)27-23(29)20-13-28(14-30-8-9-31(3,4)5)22-19(20)10-16(12-26-22)18-11-17(25)6-7-21(18)24/h6-7,10-13,15H,8-9,14,25H2,1-5H3,(H,27,29). The number of amides is 1. The normalized spacial score (nSPS) is 12.0. The molecule has 0 aliphatic rings. The topological polar surface area (TPSA) is 82.2 Å². The highest BCUT2D eigenvalue weighted by Crippen LogP contribution is 2.29. The summed E-state index contributed by atoms with van der Waals surface area (Å²) in [7, 11) is -1.19. The Morgan fingerprint density at radius 1 is 1.29 bits per heavy atom. The molecule has 31 heavy (non-hydrogen) atoms. The second-order valence-electron chi connectivity index (χ2n) is 9.32. The molecule has 1 aromatic carbocycles. The predicted molar refractivity (Wildman–Crippen MR) is 126 cm³/mol. The number of carbonyl (C=O) groups excluding carboxylic acids is 1. The maximum Gasteiger partial charge on any atom is 0.253 e. The van der Waals surface area contributed by atoms with E-state index < -0.39 is 13.9 Å². The number of hydrogen-bond acceptors (Lipinski definition) is 4. The van der Waals surface area contributed by atoms with E-state index in [0.29, 0.717) is 46.7 Å². The molecule has 0 aliphatic heterocycles. The molecule has 0 aliphatic carbocycles. The number of benzene rings is 1. The second-order valence-corrected chi connectivity index (χ2v) is 14.9. The van der Waals surface area contributed by atoms with Crippen molar-refractivity contribution in [3.05, 3.63) is 48.0 Å². The van der Waals surface area contributed by atoms with E-state index in [1.807, 2.05) is 18.4 Å². The van der Waals surface area contributed by atoms with Gasteiger partial charge in [-0.3, -0.25) is 4.79 Å². The minimum Gasteiger partial charge on any atom is -0.399 e. The van der Waals surface area contributed by atoms with E-state index >= 15 is 0 Å². The molecule has 0 bridgehead atoms. The molecule has 3 N–H and O–H groups in total. The van der Waals surface area contributed by atoms with Gasteiger partial charge in [0.2, 0.25) is 0 Å². The van der Waals surface area contributed by atoms with Crippen LogP contribution in [-0.4, -0.2) is 36.2 Å². The smallest absolute Gasteiger partial charge is 0.253 e. The van der Waals surface area contributed by atoms with Crippen molar-refractivity contribution in [1.29, 1.82) is 0 Å². The summed E-state index contributed by atoms with van der Waals surface area (Å²) < 4.78 is 22.1. The molecule has 0 atom stereocenters. The van der Waals surface area contributed by atoms with Gasteiger partial charge in [0, 0.05) is 55.3 Å². The average molecular weight is 443 g/mol. The van der Waals surface area contributed by atoms with Crippen molar-refractivity contribution in [3.63, 3.8) is 0 Å². The van der Waals surface area contributed by atoms with E-state index in [1.165, 1.54) is 12.1 Å². The zero-order chi connectivity index (χ0) is 22.8. The van der Waals surface area contributed by atoms with Crippen LogP contribution >= 0.6 is 0 Å². The maximum absolute atomic E-state index is 14.4. The summed E-state index contributed by atoms with van der Waals surface area (Å²) in [6, 6.07) is 7.25. The van der Waals surface area contributed by atoms with Crippen LogP contribution in [0, 0.1) is 5.82 Å². The molecular formula is C23H31FN4O2Si. The molecule has 1 amide bonds. The first-order valence-corrected chi connectivity index (χ1v) is 14.2. The number of anilines is 1. The summed E-state index contributed by atoms with van der Waals surface area (Å²) in [4.78, 5) is 17.4. The molecule has 166 valence electrons. The lowest BCUT2D eigenvalue weighted by molar-refractivity contribution is 0.0890. The SMILES string of the molecule is CC(C)NC(=O)c1cn(COCC[Si](C)(C)C)c2ncc(-c3cc(N)ccc3F)cc12. The van der Waals surface area contributed by atoms with E-state index in [9.17, 15) is 9.18 Å². The van der Waals surface area contributed by atoms with Crippen LogP contribution in [-0.2, 0) is 11.5 Å². The van der Waals surface area contributed by atoms with Crippen LogP contribution in [0.25, 0.3) is 22.2 Å². The third-order valence-corrected chi connectivity index (χ3v) is 6.61. The molecule has 2 aromatic heterocycles. The summed E-state index contributed by atoms with van der Waals surface area (Å²) in [6.45, 7) is 11.7. The molecule has 8 heteroatoms. The fourth-order valence-electron chi connectivity index (χ4n) is 3.24. The van der Waals surface area contributed by atoms with Gasteiger partial charge in [-0.15, -0.1) is 0 Å². The highest BCUT2D eigenvalue weighted by molar-refractivity contribution is 6.76. The number of nitrogens with two attached hydrogens (primary N) is 1. The van der Waals surface area contributed by atoms with Crippen molar-refractivity contribution in [1.82, 2.24) is 14.9 Å². The van der Waals surface area contributed by atoms with E-state index in [-0.39, 0.29) is 11.9 Å². The third-order valence-electron chi connectivity index (χ3n) is 4.91. The lowest BCUT2D eigenvalue weighted by atomic mass is 10.0. The van der Waals surface area contributed by atoms with E-state index in [4.69, 9.17) is 10.5 Å². The van der Waals surface area contributed by atoms with Crippen LogP contribution in [0.1, 0.15) is 24.2 Å². The van der Waals surface area contributed by atoms with Crippen LogP contribution < -0.4 is 11.1 Å². The molecule has 0 radical (unpaired) electrons. The highest BCUT2D eigenvalue weighted by atomic mass is 28.3. The number of aromatic nitrogens is 2.